The minimum Gasteiger partial charge on any atom is -0.454 e. The van der Waals surface area contributed by atoms with Crippen molar-refractivity contribution < 1.29 is 19.1 Å². The molecule has 0 radical (unpaired) electrons. The van der Waals surface area contributed by atoms with Gasteiger partial charge in [0.2, 0.25) is 12.7 Å². The summed E-state index contributed by atoms with van der Waals surface area (Å²) >= 11 is 5.85. The van der Waals surface area contributed by atoms with Crippen LogP contribution in [0.3, 0.4) is 0 Å². The second kappa shape index (κ2) is 7.31. The summed E-state index contributed by atoms with van der Waals surface area (Å²) in [5.74, 6) is 0.504. The van der Waals surface area contributed by atoms with Crippen LogP contribution >= 0.6 is 11.6 Å². The number of primary amides is 1. The molecule has 3 rings (SSSR count). The molecule has 0 aromatic heterocycles. The van der Waals surface area contributed by atoms with E-state index >= 15 is 0 Å². The molecule has 0 aliphatic carbocycles. The molecule has 8 heteroatoms. The summed E-state index contributed by atoms with van der Waals surface area (Å²) in [5.41, 5.74) is 6.89. The molecule has 0 fully saturated rings. The number of carbonyl (C=O) groups is 2. The van der Waals surface area contributed by atoms with Gasteiger partial charge in [0.1, 0.15) is 0 Å². The molecule has 2 aromatic carbocycles. The van der Waals surface area contributed by atoms with E-state index in [0.29, 0.717) is 28.8 Å². The fourth-order valence-corrected chi connectivity index (χ4v) is 2.54. The molecule has 2 aromatic rings. The van der Waals surface area contributed by atoms with Crippen molar-refractivity contribution in [1.29, 1.82) is 0 Å². The maximum atomic E-state index is 12.0. The maximum Gasteiger partial charge on any atom is 0.250 e. The van der Waals surface area contributed by atoms with Gasteiger partial charge in [-0.3, -0.25) is 9.59 Å². The monoisotopic (exact) mass is 361 g/mol. The highest BCUT2D eigenvalue weighted by molar-refractivity contribution is 6.31. The quantitative estimate of drug-likeness (QED) is 0.729. The molecule has 0 saturated carbocycles. The zero-order valence-corrected chi connectivity index (χ0v) is 13.9. The molecule has 4 N–H and O–H groups in total. The topological polar surface area (TPSA) is 103 Å². The highest BCUT2D eigenvalue weighted by Crippen LogP contribution is 2.32. The van der Waals surface area contributed by atoms with Crippen LogP contribution in [0.25, 0.3) is 0 Å². The van der Waals surface area contributed by atoms with Gasteiger partial charge in [-0.25, -0.2) is 0 Å². The Bertz CT molecular complexity index is 826. The predicted molar refractivity (Wildman–Crippen MR) is 92.9 cm³/mol. The lowest BCUT2D eigenvalue weighted by Gasteiger charge is -2.11. The standard InChI is InChI=1S/C17H16ClN3O4/c18-11-2-3-13(12(6-11)17(19)23)20-8-16(22)21-7-10-1-4-14-15(5-10)25-9-24-14/h1-6,20H,7-9H2,(H2,19,23)(H,21,22). The predicted octanol–water partition coefficient (Wildman–Crippen LogP) is 1.90. The van der Waals surface area contributed by atoms with Crippen molar-refractivity contribution in [2.45, 2.75) is 6.54 Å². The first kappa shape index (κ1) is 16.9. The third kappa shape index (κ3) is 4.13. The van der Waals surface area contributed by atoms with Crippen molar-refractivity contribution in [3.8, 4) is 11.5 Å². The van der Waals surface area contributed by atoms with Gasteiger partial charge >= 0.3 is 0 Å². The van der Waals surface area contributed by atoms with Crippen LogP contribution in [0, 0.1) is 0 Å². The van der Waals surface area contributed by atoms with E-state index in [9.17, 15) is 9.59 Å². The number of nitrogens with two attached hydrogens (primary N) is 1. The molecule has 7 nitrogen and oxygen atoms in total. The van der Waals surface area contributed by atoms with Gasteiger partial charge in [-0.15, -0.1) is 0 Å². The fraction of sp³-hybridized carbons (Fsp3) is 0.176. The maximum absolute atomic E-state index is 12.0. The summed E-state index contributed by atoms with van der Waals surface area (Å²) in [7, 11) is 0. The number of ether oxygens (including phenoxy) is 2. The Morgan fingerprint density at radius 1 is 1.12 bits per heavy atom. The minimum absolute atomic E-state index is 0.00748. The highest BCUT2D eigenvalue weighted by Gasteiger charge is 2.14. The zero-order valence-electron chi connectivity index (χ0n) is 13.2. The Hall–Kier alpha value is -2.93. The number of benzene rings is 2. The van der Waals surface area contributed by atoms with Gasteiger partial charge in [0.15, 0.2) is 11.5 Å². The molecule has 1 aliphatic rings. The van der Waals surface area contributed by atoms with Gasteiger partial charge in [0.05, 0.1) is 12.1 Å². The molecule has 1 aliphatic heterocycles. The zero-order chi connectivity index (χ0) is 17.8. The number of halogens is 1. The van der Waals surface area contributed by atoms with E-state index in [1.54, 1.807) is 18.2 Å². The Morgan fingerprint density at radius 3 is 2.72 bits per heavy atom. The van der Waals surface area contributed by atoms with Crippen molar-refractivity contribution >= 4 is 29.1 Å². The first-order valence-corrected chi connectivity index (χ1v) is 7.89. The normalized spacial score (nSPS) is 11.9. The van der Waals surface area contributed by atoms with Crippen LogP contribution in [0.5, 0.6) is 11.5 Å². The molecule has 0 bridgehead atoms. The molecule has 1 heterocycles. The number of nitrogens with one attached hydrogen (secondary N) is 2. The number of carbonyl (C=O) groups excluding carboxylic acids is 2. The van der Waals surface area contributed by atoms with E-state index in [1.165, 1.54) is 6.07 Å². The Morgan fingerprint density at radius 2 is 1.92 bits per heavy atom. The molecule has 0 spiro atoms. The van der Waals surface area contributed by atoms with Crippen molar-refractivity contribution in [3.63, 3.8) is 0 Å². The molecule has 0 atom stereocenters. The van der Waals surface area contributed by atoms with Gasteiger partial charge < -0.3 is 25.8 Å². The van der Waals surface area contributed by atoms with E-state index in [0.717, 1.165) is 5.56 Å². The summed E-state index contributed by atoms with van der Waals surface area (Å²) in [6, 6.07) is 10.1. The lowest BCUT2D eigenvalue weighted by Crippen LogP contribution is -2.30. The van der Waals surface area contributed by atoms with E-state index < -0.39 is 5.91 Å². The van der Waals surface area contributed by atoms with Crippen LogP contribution in [0.15, 0.2) is 36.4 Å². The van der Waals surface area contributed by atoms with Crippen LogP contribution in [0.4, 0.5) is 5.69 Å². The van der Waals surface area contributed by atoms with E-state index in [2.05, 4.69) is 10.6 Å². The number of amides is 2. The summed E-state index contributed by atoms with van der Waals surface area (Å²) < 4.78 is 10.5. The third-order valence-electron chi connectivity index (χ3n) is 3.61. The van der Waals surface area contributed by atoms with Gasteiger partial charge in [-0.1, -0.05) is 17.7 Å². The number of hydrogen-bond acceptors (Lipinski definition) is 5. The van der Waals surface area contributed by atoms with E-state index in [4.69, 9.17) is 26.8 Å². The highest BCUT2D eigenvalue weighted by atomic mass is 35.5. The van der Waals surface area contributed by atoms with Crippen LogP contribution in [-0.2, 0) is 11.3 Å². The molecule has 2 amide bonds. The number of anilines is 1. The van der Waals surface area contributed by atoms with Gasteiger partial charge in [0.25, 0.3) is 5.91 Å². The SMILES string of the molecule is NC(=O)c1cc(Cl)ccc1NCC(=O)NCc1ccc2c(c1)OCO2. The van der Waals surface area contributed by atoms with Crippen LogP contribution in [0.1, 0.15) is 15.9 Å². The van der Waals surface area contributed by atoms with E-state index in [1.807, 2.05) is 12.1 Å². The molecule has 130 valence electrons. The second-order valence-corrected chi connectivity index (χ2v) is 5.81. The van der Waals surface area contributed by atoms with Gasteiger partial charge in [-0.2, -0.15) is 0 Å². The lowest BCUT2D eigenvalue weighted by atomic mass is 10.1. The summed E-state index contributed by atoms with van der Waals surface area (Å²) in [6.45, 7) is 0.547. The molecular weight excluding hydrogens is 346 g/mol. The van der Waals surface area contributed by atoms with Crippen LogP contribution in [-0.4, -0.2) is 25.2 Å². The summed E-state index contributed by atoms with van der Waals surface area (Å²) in [5, 5.41) is 6.06. The minimum atomic E-state index is -0.620. The smallest absolute Gasteiger partial charge is 0.250 e. The average Bonchev–Trinajstić information content (AvgIpc) is 3.06. The number of rotatable bonds is 6. The Kier molecular flexibility index (Phi) is 4.95. The first-order valence-electron chi connectivity index (χ1n) is 7.51. The van der Waals surface area contributed by atoms with Crippen LogP contribution in [0.2, 0.25) is 5.02 Å². The summed E-state index contributed by atoms with van der Waals surface area (Å²) in [4.78, 5) is 23.4. The Labute approximate surface area is 149 Å². The molecule has 25 heavy (non-hydrogen) atoms. The second-order valence-electron chi connectivity index (χ2n) is 5.37. The van der Waals surface area contributed by atoms with Crippen molar-refractivity contribution in [2.24, 2.45) is 5.73 Å². The summed E-state index contributed by atoms with van der Waals surface area (Å²) in [6.07, 6.45) is 0. The number of fused-ring (bicyclic) bond motifs is 1. The molecule has 0 unspecified atom stereocenters. The number of hydrogen-bond donors (Lipinski definition) is 3. The molecule has 0 saturated heterocycles. The van der Waals surface area contributed by atoms with Crippen molar-refractivity contribution in [1.82, 2.24) is 5.32 Å². The third-order valence-corrected chi connectivity index (χ3v) is 3.85. The fourth-order valence-electron chi connectivity index (χ4n) is 2.36. The largest absolute Gasteiger partial charge is 0.454 e. The van der Waals surface area contributed by atoms with Gasteiger partial charge in [-0.05, 0) is 35.9 Å². The lowest BCUT2D eigenvalue weighted by molar-refractivity contribution is -0.119. The Balaban J connectivity index is 1.54. The molecular formula is C17H16ClN3O4. The van der Waals surface area contributed by atoms with E-state index in [-0.39, 0.29) is 24.8 Å². The van der Waals surface area contributed by atoms with Gasteiger partial charge in [0, 0.05) is 17.3 Å². The van der Waals surface area contributed by atoms with Crippen molar-refractivity contribution in [3.05, 3.63) is 52.5 Å². The van der Waals surface area contributed by atoms with Crippen LogP contribution < -0.4 is 25.8 Å². The average molecular weight is 362 g/mol. The van der Waals surface area contributed by atoms with Crippen molar-refractivity contribution in [2.75, 3.05) is 18.7 Å². The first-order chi connectivity index (χ1) is 12.0.